The summed E-state index contributed by atoms with van der Waals surface area (Å²) >= 11 is 0. The van der Waals surface area contributed by atoms with Gasteiger partial charge in [-0.1, -0.05) is 32.1 Å². The van der Waals surface area contributed by atoms with Crippen molar-refractivity contribution in [2.75, 3.05) is 39.3 Å². The fourth-order valence-electron chi connectivity index (χ4n) is 3.13. The highest BCUT2D eigenvalue weighted by molar-refractivity contribution is 5.85. The largest absolute Gasteiger partial charge is 0.355 e. The van der Waals surface area contributed by atoms with Crippen molar-refractivity contribution < 1.29 is 4.79 Å². The minimum absolute atomic E-state index is 0. The molecule has 1 saturated heterocycles. The van der Waals surface area contributed by atoms with Gasteiger partial charge in [-0.2, -0.15) is 0 Å². The van der Waals surface area contributed by atoms with E-state index in [1.54, 1.807) is 0 Å². The fourth-order valence-corrected chi connectivity index (χ4v) is 3.13. The molecule has 1 aliphatic carbocycles. The quantitative estimate of drug-likeness (QED) is 0.832. The Balaban J connectivity index is 0.00000200. The second-order valence-corrected chi connectivity index (χ2v) is 5.92. The molecule has 0 aromatic heterocycles. The minimum Gasteiger partial charge on any atom is -0.355 e. The van der Waals surface area contributed by atoms with Crippen LogP contribution in [0.4, 0.5) is 0 Å². The zero-order valence-electron chi connectivity index (χ0n) is 12.5. The van der Waals surface area contributed by atoms with Crippen molar-refractivity contribution in [3.05, 3.63) is 0 Å². The van der Waals surface area contributed by atoms with Crippen molar-refractivity contribution in [3.8, 4) is 0 Å². The molecule has 1 aliphatic heterocycles. The van der Waals surface area contributed by atoms with Crippen LogP contribution in [-0.4, -0.2) is 50.1 Å². The molecule has 0 aromatic carbocycles. The van der Waals surface area contributed by atoms with Gasteiger partial charge in [0.15, 0.2) is 0 Å². The van der Waals surface area contributed by atoms with Gasteiger partial charge in [-0.15, -0.1) is 12.4 Å². The molecule has 2 N–H and O–H groups in total. The third-order valence-corrected chi connectivity index (χ3v) is 4.41. The Morgan fingerprint density at radius 2 is 1.65 bits per heavy atom. The molecular weight excluding hydrogens is 274 g/mol. The van der Waals surface area contributed by atoms with E-state index >= 15 is 0 Å². The first-order valence-corrected chi connectivity index (χ1v) is 8.07. The van der Waals surface area contributed by atoms with Crippen LogP contribution in [0.25, 0.3) is 0 Å². The maximum atomic E-state index is 12.2. The molecule has 4 nitrogen and oxygen atoms in total. The molecule has 0 atom stereocenters. The third kappa shape index (κ3) is 6.42. The van der Waals surface area contributed by atoms with E-state index in [-0.39, 0.29) is 18.3 Å². The van der Waals surface area contributed by atoms with E-state index in [4.69, 9.17) is 0 Å². The lowest BCUT2D eigenvalue weighted by molar-refractivity contribution is -0.125. The number of amides is 1. The van der Waals surface area contributed by atoms with Crippen LogP contribution in [0.2, 0.25) is 0 Å². The first-order valence-electron chi connectivity index (χ1n) is 8.07. The van der Waals surface area contributed by atoms with E-state index in [1.165, 1.54) is 32.1 Å². The zero-order chi connectivity index (χ0) is 13.3. The van der Waals surface area contributed by atoms with Crippen LogP contribution in [0, 0.1) is 5.92 Å². The maximum Gasteiger partial charge on any atom is 0.223 e. The molecule has 1 saturated carbocycles. The summed E-state index contributed by atoms with van der Waals surface area (Å²) in [6.07, 6.45) is 8.64. The molecular formula is C15H30ClN3O. The molecule has 2 aliphatic rings. The molecule has 1 heterocycles. The van der Waals surface area contributed by atoms with Gasteiger partial charge < -0.3 is 10.6 Å². The summed E-state index contributed by atoms with van der Waals surface area (Å²) in [7, 11) is 0. The first-order chi connectivity index (χ1) is 9.36. The molecule has 20 heavy (non-hydrogen) atoms. The zero-order valence-corrected chi connectivity index (χ0v) is 13.3. The average molecular weight is 304 g/mol. The Bertz CT molecular complexity index is 262. The molecule has 118 valence electrons. The van der Waals surface area contributed by atoms with E-state index in [0.717, 1.165) is 52.1 Å². The summed E-state index contributed by atoms with van der Waals surface area (Å²) < 4.78 is 0. The molecule has 0 aromatic rings. The van der Waals surface area contributed by atoms with Gasteiger partial charge in [0, 0.05) is 45.2 Å². The Kier molecular flexibility index (Phi) is 9.23. The summed E-state index contributed by atoms with van der Waals surface area (Å²) in [5, 5.41) is 6.50. The van der Waals surface area contributed by atoms with Gasteiger partial charge in [0.2, 0.25) is 5.91 Å². The van der Waals surface area contributed by atoms with E-state index < -0.39 is 0 Å². The van der Waals surface area contributed by atoms with Gasteiger partial charge in [-0.25, -0.2) is 0 Å². The van der Waals surface area contributed by atoms with Crippen molar-refractivity contribution in [1.82, 2.24) is 15.5 Å². The number of halogens is 1. The first kappa shape index (κ1) is 17.7. The Morgan fingerprint density at radius 1 is 1.05 bits per heavy atom. The standard InChI is InChI=1S/C15H29N3O.ClH/c19-15(14-6-4-2-1-3-5-7-14)17-10-13-18-11-8-16-9-12-18;/h14,16H,1-13H2,(H,17,19);1H. The Morgan fingerprint density at radius 3 is 2.30 bits per heavy atom. The number of rotatable bonds is 4. The molecule has 5 heteroatoms. The molecule has 1 amide bonds. The lowest BCUT2D eigenvalue weighted by Crippen LogP contribution is -2.46. The lowest BCUT2D eigenvalue weighted by Gasteiger charge is -2.27. The Labute approximate surface area is 129 Å². The second kappa shape index (κ2) is 10.4. The van der Waals surface area contributed by atoms with Gasteiger partial charge in [-0.05, 0) is 12.8 Å². The molecule has 2 fully saturated rings. The SMILES string of the molecule is Cl.O=C(NCCN1CCNCC1)C1CCCCCCC1. The maximum absolute atomic E-state index is 12.2. The predicted octanol–water partition coefficient (Wildman–Crippen LogP) is 1.79. The van der Waals surface area contributed by atoms with Crippen LogP contribution in [0.1, 0.15) is 44.9 Å². The normalized spacial score (nSPS) is 22.4. The van der Waals surface area contributed by atoms with E-state index in [0.29, 0.717) is 5.91 Å². The van der Waals surface area contributed by atoms with Crippen LogP contribution in [0.3, 0.4) is 0 Å². The van der Waals surface area contributed by atoms with Crippen molar-refractivity contribution in [2.45, 2.75) is 44.9 Å². The smallest absolute Gasteiger partial charge is 0.223 e. The number of piperazine rings is 1. The molecule has 0 radical (unpaired) electrons. The van der Waals surface area contributed by atoms with Crippen LogP contribution >= 0.6 is 12.4 Å². The monoisotopic (exact) mass is 303 g/mol. The highest BCUT2D eigenvalue weighted by atomic mass is 35.5. The van der Waals surface area contributed by atoms with Crippen LogP contribution in [0.15, 0.2) is 0 Å². The number of hydrogen-bond acceptors (Lipinski definition) is 3. The fraction of sp³-hybridized carbons (Fsp3) is 0.933. The van der Waals surface area contributed by atoms with Gasteiger partial charge in [0.25, 0.3) is 0 Å². The van der Waals surface area contributed by atoms with Crippen LogP contribution in [-0.2, 0) is 4.79 Å². The minimum atomic E-state index is 0. The number of carbonyl (C=O) groups excluding carboxylic acids is 1. The molecule has 0 spiro atoms. The summed E-state index contributed by atoms with van der Waals surface area (Å²) in [4.78, 5) is 14.6. The molecule has 2 rings (SSSR count). The lowest BCUT2D eigenvalue weighted by atomic mass is 9.90. The van der Waals surface area contributed by atoms with Gasteiger partial charge >= 0.3 is 0 Å². The van der Waals surface area contributed by atoms with Crippen molar-refractivity contribution in [1.29, 1.82) is 0 Å². The number of hydrogen-bond donors (Lipinski definition) is 2. The summed E-state index contributed by atoms with van der Waals surface area (Å²) in [5.41, 5.74) is 0. The Hall–Kier alpha value is -0.320. The van der Waals surface area contributed by atoms with E-state index in [1.807, 2.05) is 0 Å². The second-order valence-electron chi connectivity index (χ2n) is 5.92. The third-order valence-electron chi connectivity index (χ3n) is 4.41. The topological polar surface area (TPSA) is 44.4 Å². The molecule has 0 unspecified atom stereocenters. The van der Waals surface area contributed by atoms with Crippen LogP contribution in [0.5, 0.6) is 0 Å². The van der Waals surface area contributed by atoms with Gasteiger partial charge in [0.1, 0.15) is 0 Å². The van der Waals surface area contributed by atoms with Gasteiger partial charge in [0.05, 0.1) is 0 Å². The number of nitrogens with zero attached hydrogens (tertiary/aromatic N) is 1. The molecule has 0 bridgehead atoms. The number of carbonyl (C=O) groups is 1. The highest BCUT2D eigenvalue weighted by Gasteiger charge is 2.19. The summed E-state index contributed by atoms with van der Waals surface area (Å²) in [5.74, 6) is 0.584. The van der Waals surface area contributed by atoms with Crippen LogP contribution < -0.4 is 10.6 Å². The number of nitrogens with one attached hydrogen (secondary N) is 2. The van der Waals surface area contributed by atoms with E-state index in [2.05, 4.69) is 15.5 Å². The average Bonchev–Trinajstić information content (AvgIpc) is 2.39. The predicted molar refractivity (Wildman–Crippen MR) is 85.4 cm³/mol. The van der Waals surface area contributed by atoms with Crippen molar-refractivity contribution in [2.24, 2.45) is 5.92 Å². The van der Waals surface area contributed by atoms with Crippen molar-refractivity contribution >= 4 is 18.3 Å². The van der Waals surface area contributed by atoms with Gasteiger partial charge in [-0.3, -0.25) is 9.69 Å². The summed E-state index contributed by atoms with van der Waals surface area (Å²) in [6, 6.07) is 0. The van der Waals surface area contributed by atoms with Crippen molar-refractivity contribution in [3.63, 3.8) is 0 Å². The summed E-state index contributed by atoms with van der Waals surface area (Å²) in [6.45, 7) is 6.20. The van der Waals surface area contributed by atoms with E-state index in [9.17, 15) is 4.79 Å². The highest BCUT2D eigenvalue weighted by Crippen LogP contribution is 2.22.